The van der Waals surface area contributed by atoms with Crippen LogP contribution in [0, 0.1) is 0 Å². The summed E-state index contributed by atoms with van der Waals surface area (Å²) < 4.78 is 4.55. The Labute approximate surface area is 202 Å². The Morgan fingerprint density at radius 2 is 1.91 bits per heavy atom. The Morgan fingerprint density at radius 3 is 2.59 bits per heavy atom. The molecule has 6 nitrogen and oxygen atoms in total. The van der Waals surface area contributed by atoms with Crippen LogP contribution in [0.3, 0.4) is 0 Å². The van der Waals surface area contributed by atoms with Gasteiger partial charge < -0.3 is 9.21 Å². The molecule has 32 heavy (non-hydrogen) atoms. The van der Waals surface area contributed by atoms with Gasteiger partial charge >= 0.3 is 0 Å². The number of amides is 1. The molecule has 0 bridgehead atoms. The van der Waals surface area contributed by atoms with E-state index in [1.54, 1.807) is 13.0 Å². The minimum atomic E-state index is 0.140. The van der Waals surface area contributed by atoms with Crippen LogP contribution in [0.2, 0.25) is 10.0 Å². The molecule has 3 aromatic rings. The molecular formula is C23H25Cl2N5OS. The van der Waals surface area contributed by atoms with Crippen molar-refractivity contribution in [3.05, 3.63) is 52.3 Å². The van der Waals surface area contributed by atoms with Crippen molar-refractivity contribution in [2.24, 2.45) is 0 Å². The molecule has 0 saturated carbocycles. The Hall–Kier alpha value is -1.93. The van der Waals surface area contributed by atoms with E-state index in [1.807, 2.05) is 29.0 Å². The minimum Gasteiger partial charge on any atom is -0.340 e. The van der Waals surface area contributed by atoms with E-state index < -0.39 is 0 Å². The van der Waals surface area contributed by atoms with Crippen molar-refractivity contribution >= 4 is 52.4 Å². The third-order valence-electron chi connectivity index (χ3n) is 6.12. The number of hydrogen-bond donors (Lipinski definition) is 0. The summed E-state index contributed by atoms with van der Waals surface area (Å²) in [4.78, 5) is 21.0. The van der Waals surface area contributed by atoms with Crippen molar-refractivity contribution < 1.29 is 4.79 Å². The Bertz CT molecular complexity index is 1150. The lowest BCUT2D eigenvalue weighted by molar-refractivity contribution is -0.130. The van der Waals surface area contributed by atoms with Gasteiger partial charge in [0.1, 0.15) is 5.65 Å². The number of fused-ring (bicyclic) bond motifs is 1. The first-order chi connectivity index (χ1) is 15.5. The van der Waals surface area contributed by atoms with Crippen molar-refractivity contribution in [1.29, 1.82) is 0 Å². The maximum absolute atomic E-state index is 11.7. The second-order valence-corrected chi connectivity index (χ2v) is 10.2. The first kappa shape index (κ1) is 21.9. The molecule has 2 saturated heterocycles. The van der Waals surface area contributed by atoms with Crippen LogP contribution in [0.15, 0.2) is 36.5 Å². The van der Waals surface area contributed by atoms with Crippen LogP contribution >= 0.6 is 35.1 Å². The van der Waals surface area contributed by atoms with E-state index in [9.17, 15) is 4.79 Å². The Kier molecular flexibility index (Phi) is 6.25. The van der Waals surface area contributed by atoms with Crippen molar-refractivity contribution in [3.8, 4) is 11.3 Å². The number of benzene rings is 1. The molecule has 2 aromatic heterocycles. The van der Waals surface area contributed by atoms with Crippen molar-refractivity contribution in [1.82, 2.24) is 19.2 Å². The second kappa shape index (κ2) is 9.14. The number of carbonyl (C=O) groups excluding carboxylic acids is 1. The number of piperazine rings is 1. The van der Waals surface area contributed by atoms with Gasteiger partial charge in [0.25, 0.3) is 0 Å². The molecule has 0 spiro atoms. The maximum atomic E-state index is 11.7. The number of pyridine rings is 1. The van der Waals surface area contributed by atoms with Crippen LogP contribution in [-0.4, -0.2) is 63.6 Å². The van der Waals surface area contributed by atoms with Crippen LogP contribution in [-0.2, 0) is 11.3 Å². The highest BCUT2D eigenvalue weighted by Gasteiger charge is 2.24. The molecule has 0 unspecified atom stereocenters. The minimum absolute atomic E-state index is 0.140. The lowest BCUT2D eigenvalue weighted by Crippen LogP contribution is -2.47. The highest BCUT2D eigenvalue weighted by Crippen LogP contribution is 2.35. The summed E-state index contributed by atoms with van der Waals surface area (Å²) in [7, 11) is 0. The van der Waals surface area contributed by atoms with Gasteiger partial charge in [-0.05, 0) is 48.7 Å². The largest absolute Gasteiger partial charge is 0.340 e. The summed E-state index contributed by atoms with van der Waals surface area (Å²) in [5, 5.41) is 1.21. The number of anilines is 1. The fraction of sp³-hybridized carbons (Fsp3) is 0.391. The fourth-order valence-electron chi connectivity index (χ4n) is 4.36. The molecule has 0 atom stereocenters. The Balaban J connectivity index is 1.55. The molecule has 2 aliphatic rings. The summed E-state index contributed by atoms with van der Waals surface area (Å²) in [6.07, 6.45) is 3.39. The van der Waals surface area contributed by atoms with Gasteiger partial charge in [0.15, 0.2) is 0 Å². The summed E-state index contributed by atoms with van der Waals surface area (Å²) >= 11 is 14.6. The molecule has 1 amide bonds. The van der Waals surface area contributed by atoms with Gasteiger partial charge in [-0.3, -0.25) is 14.1 Å². The van der Waals surface area contributed by atoms with E-state index in [0.29, 0.717) is 10.0 Å². The summed E-state index contributed by atoms with van der Waals surface area (Å²) in [5.41, 5.74) is 4.96. The highest BCUT2D eigenvalue weighted by molar-refractivity contribution is 8.00. The molecule has 4 heterocycles. The first-order valence-corrected chi connectivity index (χ1v) is 12.5. The van der Waals surface area contributed by atoms with E-state index in [4.69, 9.17) is 28.2 Å². The van der Waals surface area contributed by atoms with Crippen molar-refractivity contribution in [2.45, 2.75) is 19.9 Å². The van der Waals surface area contributed by atoms with Crippen LogP contribution < -0.4 is 4.31 Å². The first-order valence-electron chi connectivity index (χ1n) is 10.8. The molecule has 1 aromatic carbocycles. The summed E-state index contributed by atoms with van der Waals surface area (Å²) in [6.45, 7) is 6.60. The fourth-order valence-corrected chi connectivity index (χ4v) is 5.85. The second-order valence-electron chi connectivity index (χ2n) is 8.22. The maximum Gasteiger partial charge on any atom is 0.219 e. The molecule has 2 fully saturated rings. The van der Waals surface area contributed by atoms with E-state index in [1.165, 1.54) is 12.1 Å². The summed E-state index contributed by atoms with van der Waals surface area (Å²) in [5.74, 6) is 1.29. The predicted molar refractivity (Wildman–Crippen MR) is 133 cm³/mol. The number of nitrogens with zero attached hydrogens (tertiary/aromatic N) is 5. The van der Waals surface area contributed by atoms with E-state index in [2.05, 4.69) is 31.9 Å². The molecule has 0 radical (unpaired) electrons. The molecule has 0 N–H and O–H groups in total. The lowest BCUT2D eigenvalue weighted by atomic mass is 10.1. The molecule has 168 valence electrons. The highest BCUT2D eigenvalue weighted by atomic mass is 35.5. The summed E-state index contributed by atoms with van der Waals surface area (Å²) in [6, 6.07) is 9.79. The quantitative estimate of drug-likeness (QED) is 0.491. The number of hydrogen-bond acceptors (Lipinski definition) is 5. The number of carbonyl (C=O) groups is 1. The molecule has 5 rings (SSSR count). The molecule has 0 aliphatic carbocycles. The average molecular weight is 490 g/mol. The van der Waals surface area contributed by atoms with Gasteiger partial charge in [-0.15, -0.1) is 0 Å². The molecule has 2 aliphatic heterocycles. The molecule has 9 heteroatoms. The number of halogens is 2. The van der Waals surface area contributed by atoms with Crippen LogP contribution in [0.5, 0.6) is 0 Å². The van der Waals surface area contributed by atoms with Gasteiger partial charge in [0, 0.05) is 68.7 Å². The van der Waals surface area contributed by atoms with Crippen LogP contribution in [0.4, 0.5) is 5.69 Å². The normalized spacial score (nSPS) is 17.5. The van der Waals surface area contributed by atoms with Crippen molar-refractivity contribution in [3.63, 3.8) is 0 Å². The number of imidazole rings is 1. The van der Waals surface area contributed by atoms with Gasteiger partial charge in [-0.1, -0.05) is 23.2 Å². The van der Waals surface area contributed by atoms with Crippen LogP contribution in [0.25, 0.3) is 16.9 Å². The average Bonchev–Trinajstić information content (AvgIpc) is 3.43. The predicted octanol–water partition coefficient (Wildman–Crippen LogP) is 4.83. The number of aromatic nitrogens is 2. The SMILES string of the molecule is CC(=O)N1CCN(Cc2c(-c3ccc(Cl)cc3Cl)nc3ccc(N4CCCS4)cn23)CC1. The zero-order chi connectivity index (χ0) is 22.2. The van der Waals surface area contributed by atoms with E-state index in [0.717, 1.165) is 67.6 Å². The standard InChI is InChI=1S/C23H25Cl2N5OS/c1-16(31)28-10-8-27(9-11-28)15-21-23(19-5-3-17(24)13-20(19)25)26-22-6-4-18(14-29(21)22)30-7-2-12-32-30/h3-6,13-14H,2,7-12,15H2,1H3. The number of rotatable bonds is 4. The van der Waals surface area contributed by atoms with Gasteiger partial charge in [0.05, 0.1) is 22.1 Å². The van der Waals surface area contributed by atoms with Gasteiger partial charge in [-0.25, -0.2) is 4.98 Å². The third-order valence-corrected chi connectivity index (χ3v) is 7.84. The zero-order valence-corrected chi connectivity index (χ0v) is 20.3. The smallest absolute Gasteiger partial charge is 0.219 e. The third kappa shape index (κ3) is 4.31. The monoisotopic (exact) mass is 489 g/mol. The topological polar surface area (TPSA) is 44.1 Å². The molecular weight excluding hydrogens is 465 g/mol. The Morgan fingerprint density at radius 1 is 1.09 bits per heavy atom. The van der Waals surface area contributed by atoms with E-state index >= 15 is 0 Å². The van der Waals surface area contributed by atoms with Gasteiger partial charge in [-0.2, -0.15) is 0 Å². The van der Waals surface area contributed by atoms with Crippen LogP contribution in [0.1, 0.15) is 19.0 Å². The van der Waals surface area contributed by atoms with Crippen molar-refractivity contribution in [2.75, 3.05) is 42.8 Å². The van der Waals surface area contributed by atoms with E-state index in [-0.39, 0.29) is 5.91 Å². The lowest BCUT2D eigenvalue weighted by Gasteiger charge is -2.34. The zero-order valence-electron chi connectivity index (χ0n) is 17.9. The van der Waals surface area contributed by atoms with Gasteiger partial charge in [0.2, 0.25) is 5.91 Å².